The molecule has 0 radical (unpaired) electrons. The number of rotatable bonds is 1. The Hall–Kier alpha value is -1.32. The third-order valence-electron chi connectivity index (χ3n) is 1.79. The highest BCUT2D eigenvalue weighted by atomic mass is 19.1. The number of nitrogens with two attached hydrogens (primary N) is 1. The van der Waals surface area contributed by atoms with Gasteiger partial charge < -0.3 is 11.1 Å². The first-order valence-corrected chi connectivity index (χ1v) is 3.69. The molecule has 1 atom stereocenters. The lowest BCUT2D eigenvalue weighted by molar-refractivity contribution is -0.123. The fourth-order valence-corrected chi connectivity index (χ4v) is 1.09. The predicted octanol–water partition coefficient (Wildman–Crippen LogP) is 0.448. The van der Waals surface area contributed by atoms with Crippen LogP contribution in [0.25, 0.3) is 0 Å². The summed E-state index contributed by atoms with van der Waals surface area (Å²) in [6.45, 7) is 0. The second kappa shape index (κ2) is 3.38. The average molecular weight is 170 g/mol. The highest BCUT2D eigenvalue weighted by Crippen LogP contribution is 2.23. The average Bonchev–Trinajstić information content (AvgIpc) is 2.03. The molecule has 1 rings (SSSR count). The number of amides is 1. The number of halogens is 1. The minimum atomic E-state index is -0.692. The van der Waals surface area contributed by atoms with Gasteiger partial charge in [0.1, 0.15) is 5.83 Å². The second-order valence-electron chi connectivity index (χ2n) is 2.64. The van der Waals surface area contributed by atoms with E-state index in [4.69, 9.17) is 5.73 Å². The zero-order chi connectivity index (χ0) is 9.14. The fraction of sp³-hybridized carbons (Fsp3) is 0.375. The summed E-state index contributed by atoms with van der Waals surface area (Å²) >= 11 is 0. The van der Waals surface area contributed by atoms with E-state index in [0.29, 0.717) is 12.1 Å². The molecule has 0 heterocycles. The van der Waals surface area contributed by atoms with Crippen LogP contribution in [0.2, 0.25) is 0 Å². The summed E-state index contributed by atoms with van der Waals surface area (Å²) < 4.78 is 13.0. The maximum atomic E-state index is 13.0. The van der Waals surface area contributed by atoms with Crippen LogP contribution in [0.3, 0.4) is 0 Å². The van der Waals surface area contributed by atoms with Crippen molar-refractivity contribution in [2.75, 3.05) is 7.05 Å². The van der Waals surface area contributed by atoms with E-state index < -0.39 is 11.7 Å². The van der Waals surface area contributed by atoms with E-state index in [2.05, 4.69) is 5.32 Å². The lowest BCUT2D eigenvalue weighted by Crippen LogP contribution is -2.28. The molecule has 12 heavy (non-hydrogen) atoms. The van der Waals surface area contributed by atoms with Crippen LogP contribution in [0, 0.1) is 5.92 Å². The molecule has 0 spiro atoms. The normalized spacial score (nSPS) is 22.7. The van der Waals surface area contributed by atoms with E-state index in [1.807, 2.05) is 0 Å². The molecule has 4 heteroatoms. The van der Waals surface area contributed by atoms with Crippen molar-refractivity contribution in [1.29, 1.82) is 0 Å². The minimum absolute atomic E-state index is 0.312. The lowest BCUT2D eigenvalue weighted by Gasteiger charge is -2.15. The summed E-state index contributed by atoms with van der Waals surface area (Å²) in [4.78, 5) is 11.0. The van der Waals surface area contributed by atoms with E-state index in [-0.39, 0.29) is 5.91 Å². The Morgan fingerprint density at radius 1 is 1.83 bits per heavy atom. The summed E-state index contributed by atoms with van der Waals surface area (Å²) in [7, 11) is 1.48. The van der Waals surface area contributed by atoms with Crippen LogP contribution >= 0.6 is 0 Å². The maximum Gasteiger partial charge on any atom is 0.229 e. The highest BCUT2D eigenvalue weighted by molar-refractivity contribution is 5.81. The Morgan fingerprint density at radius 3 is 3.00 bits per heavy atom. The zero-order valence-corrected chi connectivity index (χ0v) is 6.80. The van der Waals surface area contributed by atoms with Gasteiger partial charge in [-0.25, -0.2) is 4.39 Å². The van der Waals surface area contributed by atoms with Gasteiger partial charge >= 0.3 is 0 Å². The van der Waals surface area contributed by atoms with E-state index in [1.54, 1.807) is 6.08 Å². The van der Waals surface area contributed by atoms with Crippen LogP contribution in [-0.2, 0) is 4.79 Å². The van der Waals surface area contributed by atoms with Crippen molar-refractivity contribution < 1.29 is 9.18 Å². The number of nitrogens with one attached hydrogen (secondary N) is 1. The smallest absolute Gasteiger partial charge is 0.229 e. The van der Waals surface area contributed by atoms with Crippen molar-refractivity contribution in [3.8, 4) is 0 Å². The summed E-state index contributed by atoms with van der Waals surface area (Å²) in [6.07, 6.45) is 3.17. The molecule has 3 nitrogen and oxygen atoms in total. The summed E-state index contributed by atoms with van der Waals surface area (Å²) in [5.41, 5.74) is 5.72. The van der Waals surface area contributed by atoms with Gasteiger partial charge in [-0.1, -0.05) is 6.08 Å². The molecule has 0 saturated heterocycles. The van der Waals surface area contributed by atoms with Gasteiger partial charge in [-0.3, -0.25) is 4.79 Å². The molecule has 1 amide bonds. The van der Waals surface area contributed by atoms with Crippen LogP contribution < -0.4 is 11.1 Å². The molecule has 66 valence electrons. The van der Waals surface area contributed by atoms with Crippen LogP contribution in [0.4, 0.5) is 4.39 Å². The quantitative estimate of drug-likeness (QED) is 0.600. The van der Waals surface area contributed by atoms with E-state index in [0.717, 1.165) is 0 Å². The Kier molecular flexibility index (Phi) is 2.47. The van der Waals surface area contributed by atoms with Crippen molar-refractivity contribution in [3.05, 3.63) is 23.7 Å². The van der Waals surface area contributed by atoms with Crippen molar-refractivity contribution in [1.82, 2.24) is 5.32 Å². The number of hydrogen-bond donors (Lipinski definition) is 2. The topological polar surface area (TPSA) is 55.1 Å². The molecular formula is C8H11FN2O. The van der Waals surface area contributed by atoms with Crippen LogP contribution in [0.1, 0.15) is 6.42 Å². The van der Waals surface area contributed by atoms with Gasteiger partial charge in [0.05, 0.1) is 5.92 Å². The molecule has 0 aromatic carbocycles. The van der Waals surface area contributed by atoms with Crippen LogP contribution in [0.5, 0.6) is 0 Å². The zero-order valence-electron chi connectivity index (χ0n) is 6.80. The van der Waals surface area contributed by atoms with Gasteiger partial charge in [0.15, 0.2) is 0 Å². The van der Waals surface area contributed by atoms with Crippen molar-refractivity contribution in [2.45, 2.75) is 6.42 Å². The third-order valence-corrected chi connectivity index (χ3v) is 1.79. The number of carbonyl (C=O) groups excluding carboxylic acids is 1. The molecule has 0 aromatic rings. The molecule has 0 aromatic heterocycles. The number of carbonyl (C=O) groups is 1. The van der Waals surface area contributed by atoms with Crippen LogP contribution in [-0.4, -0.2) is 13.0 Å². The van der Waals surface area contributed by atoms with E-state index in [1.165, 1.54) is 13.1 Å². The molecule has 0 saturated carbocycles. The first-order chi connectivity index (χ1) is 5.65. The van der Waals surface area contributed by atoms with Crippen molar-refractivity contribution >= 4 is 5.91 Å². The SMILES string of the molecule is CNC(=O)C1CC=C(N)C=C1F. The Balaban J connectivity index is 2.74. The summed E-state index contributed by atoms with van der Waals surface area (Å²) in [5.74, 6) is -1.47. The molecule has 3 N–H and O–H groups in total. The number of hydrogen-bond acceptors (Lipinski definition) is 2. The second-order valence-corrected chi connectivity index (χ2v) is 2.64. The predicted molar refractivity (Wildman–Crippen MR) is 43.6 cm³/mol. The Bertz CT molecular complexity index is 258. The molecular weight excluding hydrogens is 159 g/mol. The first kappa shape index (κ1) is 8.77. The minimum Gasteiger partial charge on any atom is -0.399 e. The monoisotopic (exact) mass is 170 g/mol. The van der Waals surface area contributed by atoms with E-state index >= 15 is 0 Å². The maximum absolute atomic E-state index is 13.0. The molecule has 1 aliphatic rings. The molecule has 1 unspecified atom stereocenters. The Morgan fingerprint density at radius 2 is 2.50 bits per heavy atom. The standard InChI is InChI=1S/C8H11FN2O/c1-11-8(12)6-3-2-5(10)4-7(6)9/h2,4,6H,3,10H2,1H3,(H,11,12). The molecule has 1 aliphatic carbocycles. The molecule has 0 aliphatic heterocycles. The van der Waals surface area contributed by atoms with Gasteiger partial charge in [-0.15, -0.1) is 0 Å². The Labute approximate surface area is 70.1 Å². The lowest BCUT2D eigenvalue weighted by atomic mass is 9.97. The van der Waals surface area contributed by atoms with Gasteiger partial charge in [0, 0.05) is 12.7 Å². The van der Waals surface area contributed by atoms with E-state index in [9.17, 15) is 9.18 Å². The summed E-state index contributed by atoms with van der Waals surface area (Å²) in [5, 5.41) is 2.39. The number of allylic oxidation sites excluding steroid dienone is 2. The molecule has 0 bridgehead atoms. The highest BCUT2D eigenvalue weighted by Gasteiger charge is 2.23. The molecule has 0 fully saturated rings. The fourth-order valence-electron chi connectivity index (χ4n) is 1.09. The summed E-state index contributed by atoms with van der Waals surface area (Å²) in [6, 6.07) is 0. The van der Waals surface area contributed by atoms with Crippen molar-refractivity contribution in [2.24, 2.45) is 11.7 Å². The van der Waals surface area contributed by atoms with Gasteiger partial charge in [-0.2, -0.15) is 0 Å². The van der Waals surface area contributed by atoms with Gasteiger partial charge in [0.25, 0.3) is 0 Å². The van der Waals surface area contributed by atoms with Crippen LogP contribution in [0.15, 0.2) is 23.7 Å². The van der Waals surface area contributed by atoms with Gasteiger partial charge in [0.2, 0.25) is 5.91 Å². The first-order valence-electron chi connectivity index (χ1n) is 3.69. The van der Waals surface area contributed by atoms with Gasteiger partial charge in [-0.05, 0) is 12.5 Å². The largest absolute Gasteiger partial charge is 0.399 e. The third kappa shape index (κ3) is 1.64. The van der Waals surface area contributed by atoms with Crippen molar-refractivity contribution in [3.63, 3.8) is 0 Å².